The number of fused-ring (bicyclic) bond motifs is 2. The number of halogens is 1. The minimum absolute atomic E-state index is 0.100. The Morgan fingerprint density at radius 2 is 1.92 bits per heavy atom. The van der Waals surface area contributed by atoms with Crippen molar-refractivity contribution in [3.8, 4) is 5.75 Å². The molecule has 0 saturated heterocycles. The second-order valence-electron chi connectivity index (χ2n) is 5.90. The van der Waals surface area contributed by atoms with Gasteiger partial charge in [-0.05, 0) is 48.0 Å². The van der Waals surface area contributed by atoms with Crippen LogP contribution in [0.15, 0.2) is 69.0 Å². The fourth-order valence-corrected chi connectivity index (χ4v) is 3.31. The molecule has 0 amide bonds. The van der Waals surface area contributed by atoms with E-state index in [1.807, 2.05) is 30.3 Å². The molecular weight excluding hydrogens is 394 g/mol. The first-order valence-corrected chi connectivity index (χ1v) is 8.78. The Bertz CT molecular complexity index is 1250. The summed E-state index contributed by atoms with van der Waals surface area (Å²) in [7, 11) is 0. The molecule has 0 atom stereocenters. The molecule has 3 aromatic carbocycles. The van der Waals surface area contributed by atoms with Crippen molar-refractivity contribution in [3.05, 3.63) is 80.8 Å². The molecule has 6 heteroatoms. The number of phenols is 1. The third kappa shape index (κ3) is 2.78. The van der Waals surface area contributed by atoms with Gasteiger partial charge in [-0.25, -0.2) is 4.98 Å². The van der Waals surface area contributed by atoms with Crippen molar-refractivity contribution in [2.24, 2.45) is 5.10 Å². The van der Waals surface area contributed by atoms with Gasteiger partial charge < -0.3 is 5.11 Å². The molecule has 26 heavy (non-hydrogen) atoms. The van der Waals surface area contributed by atoms with Crippen molar-refractivity contribution in [1.82, 2.24) is 9.66 Å². The number of phenolic OH excluding ortho intramolecular Hbond substituents is 1. The predicted molar refractivity (Wildman–Crippen MR) is 107 cm³/mol. The Kier molecular flexibility index (Phi) is 4.05. The molecule has 0 aliphatic heterocycles. The van der Waals surface area contributed by atoms with E-state index in [2.05, 4.69) is 26.0 Å². The molecule has 4 aromatic rings. The number of aryl methyl sites for hydroxylation is 1. The number of benzene rings is 3. The SMILES string of the molecule is Cc1nc2ccccc2c(=O)n1/N=C/c1c(O)ccc2cc(Br)ccc12. The third-order valence-corrected chi connectivity index (χ3v) is 4.71. The van der Waals surface area contributed by atoms with E-state index in [-0.39, 0.29) is 11.3 Å². The van der Waals surface area contributed by atoms with E-state index < -0.39 is 0 Å². The normalized spacial score (nSPS) is 11.6. The Hall–Kier alpha value is -2.99. The third-order valence-electron chi connectivity index (χ3n) is 4.22. The lowest BCUT2D eigenvalue weighted by Crippen LogP contribution is -2.20. The molecule has 0 aliphatic rings. The van der Waals surface area contributed by atoms with Crippen molar-refractivity contribution in [3.63, 3.8) is 0 Å². The number of aromatic hydroxyl groups is 1. The fourth-order valence-electron chi connectivity index (χ4n) is 2.94. The van der Waals surface area contributed by atoms with Gasteiger partial charge in [0.15, 0.2) is 0 Å². The van der Waals surface area contributed by atoms with Gasteiger partial charge in [0.05, 0.1) is 17.1 Å². The molecule has 128 valence electrons. The summed E-state index contributed by atoms with van der Waals surface area (Å²) in [5, 5.41) is 16.9. The predicted octanol–water partition coefficient (Wildman–Crippen LogP) is 4.21. The smallest absolute Gasteiger partial charge is 0.282 e. The lowest BCUT2D eigenvalue weighted by Gasteiger charge is -2.07. The van der Waals surface area contributed by atoms with E-state index in [0.717, 1.165) is 15.2 Å². The standard InChI is InChI=1S/C20H14BrN3O2/c1-12-23-18-5-3-2-4-16(18)20(26)24(12)22-11-17-15-8-7-14(21)10-13(15)6-9-19(17)25/h2-11,25H,1H3/b22-11+. The molecular formula is C20H14BrN3O2. The van der Waals surface area contributed by atoms with Crippen molar-refractivity contribution >= 4 is 43.8 Å². The molecule has 0 spiro atoms. The molecule has 0 aliphatic carbocycles. The van der Waals surface area contributed by atoms with Crippen LogP contribution in [0, 0.1) is 6.92 Å². The van der Waals surface area contributed by atoms with Crippen molar-refractivity contribution in [2.45, 2.75) is 6.92 Å². The number of rotatable bonds is 2. The first kappa shape index (κ1) is 16.5. The summed E-state index contributed by atoms with van der Waals surface area (Å²) >= 11 is 3.44. The Balaban J connectivity index is 1.90. The summed E-state index contributed by atoms with van der Waals surface area (Å²) in [6.45, 7) is 1.73. The average Bonchev–Trinajstić information content (AvgIpc) is 2.63. The number of hydrogen-bond acceptors (Lipinski definition) is 4. The molecule has 1 heterocycles. The van der Waals surface area contributed by atoms with Crippen LogP contribution in [0.2, 0.25) is 0 Å². The minimum atomic E-state index is -0.244. The quantitative estimate of drug-likeness (QED) is 0.506. The Morgan fingerprint density at radius 1 is 1.12 bits per heavy atom. The van der Waals surface area contributed by atoms with Crippen LogP contribution in [0.4, 0.5) is 0 Å². The molecule has 0 unspecified atom stereocenters. The molecule has 0 radical (unpaired) electrons. The average molecular weight is 408 g/mol. The van der Waals surface area contributed by atoms with Gasteiger partial charge >= 0.3 is 0 Å². The number of hydrogen-bond donors (Lipinski definition) is 1. The summed E-state index contributed by atoms with van der Waals surface area (Å²) in [4.78, 5) is 17.1. The summed E-state index contributed by atoms with van der Waals surface area (Å²) in [6.07, 6.45) is 1.50. The van der Waals surface area contributed by atoms with E-state index in [4.69, 9.17) is 0 Å². The maximum absolute atomic E-state index is 12.7. The first-order chi connectivity index (χ1) is 12.5. The van der Waals surface area contributed by atoms with Crippen molar-refractivity contribution in [1.29, 1.82) is 0 Å². The summed E-state index contributed by atoms with van der Waals surface area (Å²) < 4.78 is 2.20. The van der Waals surface area contributed by atoms with E-state index in [1.165, 1.54) is 10.9 Å². The number of nitrogens with zero attached hydrogens (tertiary/aromatic N) is 3. The molecule has 0 fully saturated rings. The van der Waals surface area contributed by atoms with Crippen LogP contribution in [-0.4, -0.2) is 21.0 Å². The maximum atomic E-state index is 12.7. The largest absolute Gasteiger partial charge is 0.507 e. The monoisotopic (exact) mass is 407 g/mol. The highest BCUT2D eigenvalue weighted by Gasteiger charge is 2.08. The van der Waals surface area contributed by atoms with Crippen LogP contribution >= 0.6 is 15.9 Å². The highest BCUT2D eigenvalue weighted by molar-refractivity contribution is 9.10. The topological polar surface area (TPSA) is 67.5 Å². The Morgan fingerprint density at radius 3 is 2.77 bits per heavy atom. The van der Waals surface area contributed by atoms with E-state index in [0.29, 0.717) is 22.3 Å². The van der Waals surface area contributed by atoms with E-state index >= 15 is 0 Å². The van der Waals surface area contributed by atoms with Crippen LogP contribution in [-0.2, 0) is 0 Å². The lowest BCUT2D eigenvalue weighted by molar-refractivity contribution is 0.475. The zero-order chi connectivity index (χ0) is 18.3. The van der Waals surface area contributed by atoms with Gasteiger partial charge in [-0.2, -0.15) is 9.78 Å². The van der Waals surface area contributed by atoms with Gasteiger partial charge in [0.25, 0.3) is 5.56 Å². The first-order valence-electron chi connectivity index (χ1n) is 7.98. The number of para-hydroxylation sites is 1. The van der Waals surface area contributed by atoms with Crippen LogP contribution in [0.1, 0.15) is 11.4 Å². The zero-order valence-corrected chi connectivity index (χ0v) is 15.4. The maximum Gasteiger partial charge on any atom is 0.282 e. The van der Waals surface area contributed by atoms with Gasteiger partial charge in [0.2, 0.25) is 0 Å². The van der Waals surface area contributed by atoms with Gasteiger partial charge in [0, 0.05) is 10.0 Å². The van der Waals surface area contributed by atoms with Gasteiger partial charge in [0.1, 0.15) is 11.6 Å². The van der Waals surface area contributed by atoms with Crippen LogP contribution in [0.25, 0.3) is 21.7 Å². The summed E-state index contributed by atoms with van der Waals surface area (Å²) in [6, 6.07) is 16.4. The molecule has 5 nitrogen and oxygen atoms in total. The highest BCUT2D eigenvalue weighted by Crippen LogP contribution is 2.28. The second-order valence-corrected chi connectivity index (χ2v) is 6.82. The minimum Gasteiger partial charge on any atom is -0.507 e. The number of aromatic nitrogens is 2. The fraction of sp³-hybridized carbons (Fsp3) is 0.0500. The van der Waals surface area contributed by atoms with Gasteiger partial charge in [-0.1, -0.05) is 40.2 Å². The van der Waals surface area contributed by atoms with Crippen LogP contribution in [0.5, 0.6) is 5.75 Å². The Labute approximate surface area is 157 Å². The molecule has 1 aromatic heterocycles. The van der Waals surface area contributed by atoms with Crippen molar-refractivity contribution in [2.75, 3.05) is 0 Å². The summed E-state index contributed by atoms with van der Waals surface area (Å²) in [5.41, 5.74) is 0.945. The second kappa shape index (κ2) is 6.38. The lowest BCUT2D eigenvalue weighted by atomic mass is 10.0. The zero-order valence-electron chi connectivity index (χ0n) is 13.8. The van der Waals surface area contributed by atoms with Crippen LogP contribution in [0.3, 0.4) is 0 Å². The summed E-state index contributed by atoms with van der Waals surface area (Å²) in [5.74, 6) is 0.579. The van der Waals surface area contributed by atoms with Crippen LogP contribution < -0.4 is 5.56 Å². The molecule has 4 rings (SSSR count). The molecule has 0 saturated carbocycles. The van der Waals surface area contributed by atoms with Gasteiger partial charge in [-0.3, -0.25) is 4.79 Å². The van der Waals surface area contributed by atoms with Gasteiger partial charge in [-0.15, -0.1) is 0 Å². The van der Waals surface area contributed by atoms with Crippen molar-refractivity contribution < 1.29 is 5.11 Å². The molecule has 1 N–H and O–H groups in total. The molecule has 0 bridgehead atoms. The highest BCUT2D eigenvalue weighted by atomic mass is 79.9. The van der Waals surface area contributed by atoms with E-state index in [9.17, 15) is 9.90 Å². The van der Waals surface area contributed by atoms with E-state index in [1.54, 1.807) is 31.2 Å².